The Morgan fingerprint density at radius 3 is 2.57 bits per heavy atom. The molecule has 1 aromatic heterocycles. The molecule has 0 fully saturated rings. The maximum atomic E-state index is 14.9. The van der Waals surface area contributed by atoms with Gasteiger partial charge in [0.2, 0.25) is 5.95 Å². The van der Waals surface area contributed by atoms with Crippen LogP contribution in [-0.2, 0) is 19.4 Å². The SMILES string of the molecule is Nc1nc(F)c(-c2ccc3c(c2)CCNC3)cc1-c1cc2c(cc1F)C(=O)NCC2. The fourth-order valence-corrected chi connectivity index (χ4v) is 4.22. The fourth-order valence-electron chi connectivity index (χ4n) is 4.22. The lowest BCUT2D eigenvalue weighted by Gasteiger charge is -2.19. The molecule has 0 bridgehead atoms. The summed E-state index contributed by atoms with van der Waals surface area (Å²) in [5, 5.41) is 6.01. The normalized spacial score (nSPS) is 15.3. The summed E-state index contributed by atoms with van der Waals surface area (Å²) < 4.78 is 29.7. The molecule has 5 rings (SSSR count). The number of hydrogen-bond acceptors (Lipinski definition) is 4. The minimum absolute atomic E-state index is 0.0856. The predicted molar refractivity (Wildman–Crippen MR) is 111 cm³/mol. The van der Waals surface area contributed by atoms with E-state index in [1.807, 2.05) is 18.2 Å². The van der Waals surface area contributed by atoms with E-state index in [4.69, 9.17) is 5.73 Å². The van der Waals surface area contributed by atoms with E-state index in [9.17, 15) is 13.6 Å². The van der Waals surface area contributed by atoms with Crippen molar-refractivity contribution < 1.29 is 13.6 Å². The van der Waals surface area contributed by atoms with Crippen molar-refractivity contribution in [1.82, 2.24) is 15.6 Å². The van der Waals surface area contributed by atoms with E-state index in [2.05, 4.69) is 15.6 Å². The Kier molecular flexibility index (Phi) is 4.47. The minimum atomic E-state index is -0.692. The summed E-state index contributed by atoms with van der Waals surface area (Å²) in [5.41, 5.74) is 10.9. The lowest BCUT2D eigenvalue weighted by Crippen LogP contribution is -2.32. The number of nitrogen functional groups attached to an aromatic ring is 1. The van der Waals surface area contributed by atoms with Gasteiger partial charge in [-0.05, 0) is 59.8 Å². The lowest BCUT2D eigenvalue weighted by molar-refractivity contribution is 0.0945. The van der Waals surface area contributed by atoms with Gasteiger partial charge in [-0.3, -0.25) is 4.79 Å². The molecule has 2 aliphatic heterocycles. The summed E-state index contributed by atoms with van der Waals surface area (Å²) in [6.07, 6.45) is 1.45. The Labute approximate surface area is 172 Å². The monoisotopic (exact) mass is 406 g/mol. The van der Waals surface area contributed by atoms with Crippen molar-refractivity contribution in [3.05, 3.63) is 70.4 Å². The number of halogens is 2. The standard InChI is InChI=1S/C23H20F2N4O/c24-20-10-17-14(4-6-28-23(17)30)8-18(20)19-9-16(21(25)29-22(19)26)13-1-2-15-11-27-5-3-12(15)7-13/h1-2,7-10,27H,3-6,11H2,(H2,26,29)(H,28,30). The molecule has 0 spiro atoms. The molecule has 7 heteroatoms. The van der Waals surface area contributed by atoms with Crippen LogP contribution < -0.4 is 16.4 Å². The molecule has 5 nitrogen and oxygen atoms in total. The van der Waals surface area contributed by atoms with Crippen LogP contribution in [-0.4, -0.2) is 24.0 Å². The molecule has 4 N–H and O–H groups in total. The van der Waals surface area contributed by atoms with Crippen LogP contribution in [0.1, 0.15) is 27.0 Å². The van der Waals surface area contributed by atoms with Crippen molar-refractivity contribution in [3.63, 3.8) is 0 Å². The van der Waals surface area contributed by atoms with Crippen LogP contribution in [0.25, 0.3) is 22.3 Å². The first-order chi connectivity index (χ1) is 14.5. The molecule has 0 saturated heterocycles. The number of anilines is 1. The predicted octanol–water partition coefficient (Wildman–Crippen LogP) is 3.21. The number of amides is 1. The fraction of sp³-hybridized carbons (Fsp3) is 0.217. The summed E-state index contributed by atoms with van der Waals surface area (Å²) in [6, 6.07) is 10.2. The van der Waals surface area contributed by atoms with Gasteiger partial charge in [0.1, 0.15) is 11.6 Å². The average molecular weight is 406 g/mol. The van der Waals surface area contributed by atoms with Gasteiger partial charge < -0.3 is 16.4 Å². The Hall–Kier alpha value is -3.32. The Morgan fingerprint density at radius 2 is 1.70 bits per heavy atom. The van der Waals surface area contributed by atoms with Crippen LogP contribution in [0.2, 0.25) is 0 Å². The number of benzene rings is 2. The molecule has 0 unspecified atom stereocenters. The minimum Gasteiger partial charge on any atom is -0.383 e. The number of nitrogens with one attached hydrogen (secondary N) is 2. The first-order valence-corrected chi connectivity index (χ1v) is 9.91. The maximum absolute atomic E-state index is 14.9. The summed E-state index contributed by atoms with van der Waals surface area (Å²) >= 11 is 0. The molecule has 0 atom stereocenters. The smallest absolute Gasteiger partial charge is 0.251 e. The molecular formula is C23H20F2N4O. The van der Waals surface area contributed by atoms with Crippen LogP contribution in [0.15, 0.2) is 36.4 Å². The van der Waals surface area contributed by atoms with Gasteiger partial charge in [0.05, 0.1) is 0 Å². The Morgan fingerprint density at radius 1 is 0.867 bits per heavy atom. The number of hydrogen-bond donors (Lipinski definition) is 3. The van der Waals surface area contributed by atoms with Crippen molar-refractivity contribution in [1.29, 1.82) is 0 Å². The molecule has 0 radical (unpaired) electrons. The maximum Gasteiger partial charge on any atom is 0.251 e. The topological polar surface area (TPSA) is 80.0 Å². The van der Waals surface area contributed by atoms with Gasteiger partial charge in [-0.2, -0.15) is 4.39 Å². The van der Waals surface area contributed by atoms with Crippen molar-refractivity contribution in [2.45, 2.75) is 19.4 Å². The van der Waals surface area contributed by atoms with Gasteiger partial charge in [-0.1, -0.05) is 18.2 Å². The number of aromatic nitrogens is 1. The van der Waals surface area contributed by atoms with Crippen molar-refractivity contribution in [2.24, 2.45) is 0 Å². The number of nitrogens with two attached hydrogens (primary N) is 1. The second kappa shape index (κ2) is 7.18. The molecule has 0 saturated carbocycles. The number of rotatable bonds is 2. The third kappa shape index (κ3) is 3.11. The van der Waals surface area contributed by atoms with E-state index in [-0.39, 0.29) is 22.9 Å². The Balaban J connectivity index is 1.64. The van der Waals surface area contributed by atoms with Gasteiger partial charge in [0, 0.05) is 35.3 Å². The van der Waals surface area contributed by atoms with Gasteiger partial charge in [-0.15, -0.1) is 0 Å². The molecule has 0 aliphatic carbocycles. The van der Waals surface area contributed by atoms with Crippen molar-refractivity contribution >= 4 is 11.7 Å². The van der Waals surface area contributed by atoms with Gasteiger partial charge in [0.15, 0.2) is 0 Å². The third-order valence-electron chi connectivity index (χ3n) is 5.82. The number of carbonyl (C=O) groups is 1. The van der Waals surface area contributed by atoms with E-state index in [1.54, 1.807) is 12.1 Å². The molecule has 1 amide bonds. The van der Waals surface area contributed by atoms with E-state index < -0.39 is 11.8 Å². The largest absolute Gasteiger partial charge is 0.383 e. The summed E-state index contributed by atoms with van der Waals surface area (Å²) in [7, 11) is 0. The van der Waals surface area contributed by atoms with Gasteiger partial charge >= 0.3 is 0 Å². The van der Waals surface area contributed by atoms with Gasteiger partial charge in [0.25, 0.3) is 5.91 Å². The molecular weight excluding hydrogens is 386 g/mol. The number of nitrogens with zero attached hydrogens (tertiary/aromatic N) is 1. The molecule has 152 valence electrons. The van der Waals surface area contributed by atoms with E-state index in [1.165, 1.54) is 11.6 Å². The second-order valence-electron chi connectivity index (χ2n) is 7.66. The van der Waals surface area contributed by atoms with E-state index in [0.717, 1.165) is 30.6 Å². The highest BCUT2D eigenvalue weighted by molar-refractivity contribution is 5.97. The molecule has 3 heterocycles. The number of fused-ring (bicyclic) bond motifs is 2. The van der Waals surface area contributed by atoms with Crippen LogP contribution in [0.3, 0.4) is 0 Å². The van der Waals surface area contributed by atoms with E-state index >= 15 is 0 Å². The van der Waals surface area contributed by atoms with Crippen LogP contribution >= 0.6 is 0 Å². The summed E-state index contributed by atoms with van der Waals surface area (Å²) in [4.78, 5) is 15.8. The van der Waals surface area contributed by atoms with Gasteiger partial charge in [-0.25, -0.2) is 9.37 Å². The van der Waals surface area contributed by atoms with Crippen LogP contribution in [0.5, 0.6) is 0 Å². The second-order valence-corrected chi connectivity index (χ2v) is 7.66. The molecule has 2 aromatic carbocycles. The highest BCUT2D eigenvalue weighted by Crippen LogP contribution is 2.35. The highest BCUT2D eigenvalue weighted by Gasteiger charge is 2.22. The van der Waals surface area contributed by atoms with Crippen molar-refractivity contribution in [3.8, 4) is 22.3 Å². The zero-order valence-corrected chi connectivity index (χ0v) is 16.2. The highest BCUT2D eigenvalue weighted by atomic mass is 19.1. The van der Waals surface area contributed by atoms with Crippen LogP contribution in [0.4, 0.5) is 14.6 Å². The summed E-state index contributed by atoms with van der Waals surface area (Å²) in [5.74, 6) is -1.66. The molecule has 3 aromatic rings. The van der Waals surface area contributed by atoms with Crippen LogP contribution in [0, 0.1) is 11.8 Å². The number of pyridine rings is 1. The first-order valence-electron chi connectivity index (χ1n) is 9.91. The quantitative estimate of drug-likeness (QED) is 0.571. The zero-order valence-electron chi connectivity index (χ0n) is 16.2. The lowest BCUT2D eigenvalue weighted by atomic mass is 9.92. The third-order valence-corrected chi connectivity index (χ3v) is 5.82. The first kappa shape index (κ1) is 18.7. The molecule has 30 heavy (non-hydrogen) atoms. The average Bonchev–Trinajstić information content (AvgIpc) is 2.74. The summed E-state index contributed by atoms with van der Waals surface area (Å²) in [6.45, 7) is 2.15. The number of carbonyl (C=O) groups excluding carboxylic acids is 1. The van der Waals surface area contributed by atoms with Crippen molar-refractivity contribution in [2.75, 3.05) is 18.8 Å². The molecule has 2 aliphatic rings. The van der Waals surface area contributed by atoms with E-state index in [0.29, 0.717) is 29.7 Å². The Bertz CT molecular complexity index is 1190. The zero-order chi connectivity index (χ0) is 20.8.